The van der Waals surface area contributed by atoms with E-state index in [2.05, 4.69) is 5.32 Å². The number of carbonyl (C=O) groups is 2. The lowest BCUT2D eigenvalue weighted by atomic mass is 9.98. The molecule has 0 bridgehead atoms. The molecule has 1 aliphatic rings. The highest BCUT2D eigenvalue weighted by Gasteiger charge is 2.25. The first-order valence-electron chi connectivity index (χ1n) is 6.84. The summed E-state index contributed by atoms with van der Waals surface area (Å²) < 4.78 is 0. The van der Waals surface area contributed by atoms with Crippen molar-refractivity contribution in [1.82, 2.24) is 10.2 Å². The van der Waals surface area contributed by atoms with Crippen molar-refractivity contribution >= 4 is 12.3 Å². The molecule has 1 fully saturated rings. The predicted molar refractivity (Wildman–Crippen MR) is 72.2 cm³/mol. The third-order valence-corrected chi connectivity index (χ3v) is 3.37. The van der Waals surface area contributed by atoms with E-state index in [0.29, 0.717) is 25.4 Å². The predicted octanol–water partition coefficient (Wildman–Crippen LogP) is -0.542. The summed E-state index contributed by atoms with van der Waals surface area (Å²) in [5, 5.41) is 12.7. The van der Waals surface area contributed by atoms with Gasteiger partial charge in [-0.2, -0.15) is 0 Å². The monoisotopic (exact) mass is 271 g/mol. The summed E-state index contributed by atoms with van der Waals surface area (Å²) in [6.07, 6.45) is 1.45. The van der Waals surface area contributed by atoms with Gasteiger partial charge in [0.25, 0.3) is 0 Å². The van der Waals surface area contributed by atoms with Gasteiger partial charge < -0.3 is 21.1 Å². The molecule has 2 amide bonds. The van der Waals surface area contributed by atoms with Gasteiger partial charge in [-0.1, -0.05) is 13.8 Å². The zero-order valence-electron chi connectivity index (χ0n) is 11.7. The first-order chi connectivity index (χ1) is 8.92. The number of likely N-dealkylation sites (tertiary alicyclic amines) is 1. The van der Waals surface area contributed by atoms with Crippen LogP contribution in [0.5, 0.6) is 0 Å². The first kappa shape index (κ1) is 15.9. The Balaban J connectivity index is 2.29. The minimum absolute atomic E-state index is 0.00813. The number of amides is 2. The number of rotatable bonds is 7. The molecule has 0 saturated carbocycles. The molecule has 0 aromatic heterocycles. The highest BCUT2D eigenvalue weighted by Crippen LogP contribution is 2.10. The van der Waals surface area contributed by atoms with Gasteiger partial charge in [0.2, 0.25) is 12.3 Å². The number of nitrogens with two attached hydrogens (primary N) is 1. The van der Waals surface area contributed by atoms with Gasteiger partial charge in [0, 0.05) is 25.2 Å². The second-order valence-corrected chi connectivity index (χ2v) is 5.72. The molecule has 6 nitrogen and oxygen atoms in total. The van der Waals surface area contributed by atoms with Crippen molar-refractivity contribution in [3.8, 4) is 0 Å². The van der Waals surface area contributed by atoms with E-state index in [9.17, 15) is 14.7 Å². The maximum Gasteiger partial charge on any atom is 0.222 e. The van der Waals surface area contributed by atoms with Crippen LogP contribution < -0.4 is 11.1 Å². The van der Waals surface area contributed by atoms with Crippen molar-refractivity contribution in [3.63, 3.8) is 0 Å². The molecule has 0 aliphatic carbocycles. The number of nitrogens with zero attached hydrogens (tertiary/aromatic N) is 1. The Morgan fingerprint density at radius 3 is 2.79 bits per heavy atom. The number of aliphatic hydroxyl groups excluding tert-OH is 1. The van der Waals surface area contributed by atoms with Crippen LogP contribution in [0.15, 0.2) is 0 Å². The normalized spacial score (nSPS) is 22.4. The van der Waals surface area contributed by atoms with Gasteiger partial charge in [-0.25, -0.2) is 0 Å². The van der Waals surface area contributed by atoms with Crippen LogP contribution in [0, 0.1) is 5.92 Å². The lowest BCUT2D eigenvalue weighted by Gasteiger charge is -2.21. The second kappa shape index (κ2) is 7.45. The maximum atomic E-state index is 11.8. The van der Waals surface area contributed by atoms with E-state index in [1.807, 2.05) is 13.8 Å². The van der Waals surface area contributed by atoms with Gasteiger partial charge >= 0.3 is 0 Å². The first-order valence-corrected chi connectivity index (χ1v) is 6.84. The molecule has 0 aromatic rings. The van der Waals surface area contributed by atoms with E-state index in [1.165, 1.54) is 0 Å². The molecule has 3 atom stereocenters. The smallest absolute Gasteiger partial charge is 0.222 e. The van der Waals surface area contributed by atoms with Crippen molar-refractivity contribution in [3.05, 3.63) is 0 Å². The van der Waals surface area contributed by atoms with Crippen molar-refractivity contribution in [2.75, 3.05) is 13.1 Å². The van der Waals surface area contributed by atoms with E-state index in [1.54, 1.807) is 4.90 Å². The van der Waals surface area contributed by atoms with Gasteiger partial charge in [0.15, 0.2) is 0 Å². The molecular weight excluding hydrogens is 246 g/mol. The molecule has 19 heavy (non-hydrogen) atoms. The molecule has 6 heteroatoms. The van der Waals surface area contributed by atoms with E-state index in [4.69, 9.17) is 5.73 Å². The van der Waals surface area contributed by atoms with E-state index < -0.39 is 6.10 Å². The third kappa shape index (κ3) is 5.57. The lowest BCUT2D eigenvalue weighted by molar-refractivity contribution is -0.124. The fraction of sp³-hybridized carbons (Fsp3) is 0.846. The number of nitrogens with one attached hydrogen (secondary N) is 1. The summed E-state index contributed by atoms with van der Waals surface area (Å²) in [5.41, 5.74) is 5.83. The van der Waals surface area contributed by atoms with Crippen LogP contribution >= 0.6 is 0 Å². The molecule has 1 aliphatic heterocycles. The number of aliphatic hydroxyl groups is 1. The Kier molecular flexibility index (Phi) is 6.24. The van der Waals surface area contributed by atoms with Crippen molar-refractivity contribution in [1.29, 1.82) is 0 Å². The van der Waals surface area contributed by atoms with Crippen LogP contribution in [0.1, 0.15) is 33.1 Å². The van der Waals surface area contributed by atoms with Crippen molar-refractivity contribution in [2.45, 2.75) is 51.3 Å². The number of hydrogen-bond acceptors (Lipinski definition) is 4. The Hall–Kier alpha value is -1.14. The lowest BCUT2D eigenvalue weighted by Crippen LogP contribution is -2.43. The van der Waals surface area contributed by atoms with Gasteiger partial charge in [-0.15, -0.1) is 0 Å². The Labute approximate surface area is 114 Å². The molecule has 4 N–H and O–H groups in total. The molecule has 1 rings (SSSR count). The minimum atomic E-state index is -0.814. The summed E-state index contributed by atoms with van der Waals surface area (Å²) in [4.78, 5) is 24.0. The summed E-state index contributed by atoms with van der Waals surface area (Å²) in [6.45, 7) is 5.27. The SMILES string of the molecule is CC(C)CC(N)C(O)CC(=O)NC1CCN(C=O)C1. The minimum Gasteiger partial charge on any atom is -0.391 e. The molecule has 110 valence electrons. The Morgan fingerprint density at radius 2 is 2.26 bits per heavy atom. The number of hydrogen-bond donors (Lipinski definition) is 3. The van der Waals surface area contributed by atoms with Gasteiger partial charge in [0.05, 0.1) is 12.5 Å². The molecule has 0 spiro atoms. The highest BCUT2D eigenvalue weighted by atomic mass is 16.3. The van der Waals surface area contributed by atoms with Crippen molar-refractivity contribution in [2.24, 2.45) is 11.7 Å². The summed E-state index contributed by atoms with van der Waals surface area (Å²) in [7, 11) is 0. The maximum absolute atomic E-state index is 11.8. The van der Waals surface area contributed by atoms with Crippen LogP contribution in [-0.2, 0) is 9.59 Å². The molecule has 1 saturated heterocycles. The van der Waals surface area contributed by atoms with Crippen LogP contribution in [0.3, 0.4) is 0 Å². The summed E-state index contributed by atoms with van der Waals surface area (Å²) in [6, 6.07) is -0.382. The molecule has 1 heterocycles. The summed E-state index contributed by atoms with van der Waals surface area (Å²) in [5.74, 6) is 0.188. The van der Waals surface area contributed by atoms with E-state index in [-0.39, 0.29) is 24.4 Å². The van der Waals surface area contributed by atoms with Crippen LogP contribution in [0.4, 0.5) is 0 Å². The van der Waals surface area contributed by atoms with Crippen LogP contribution in [0.2, 0.25) is 0 Å². The zero-order chi connectivity index (χ0) is 14.4. The fourth-order valence-corrected chi connectivity index (χ4v) is 2.33. The average Bonchev–Trinajstić information content (AvgIpc) is 2.75. The molecular formula is C13H25N3O3. The highest BCUT2D eigenvalue weighted by molar-refractivity contribution is 5.77. The molecule has 0 radical (unpaired) electrons. The standard InChI is InChI=1S/C13H25N3O3/c1-9(2)5-11(14)12(18)6-13(19)15-10-3-4-16(7-10)8-17/h8-12,18H,3-7,14H2,1-2H3,(H,15,19). The molecule has 3 unspecified atom stereocenters. The zero-order valence-corrected chi connectivity index (χ0v) is 11.7. The fourth-order valence-electron chi connectivity index (χ4n) is 2.33. The Bertz CT molecular complexity index is 310. The number of carbonyl (C=O) groups excluding carboxylic acids is 2. The third-order valence-electron chi connectivity index (χ3n) is 3.37. The topological polar surface area (TPSA) is 95.7 Å². The largest absolute Gasteiger partial charge is 0.391 e. The second-order valence-electron chi connectivity index (χ2n) is 5.72. The van der Waals surface area contributed by atoms with Gasteiger partial charge in [-0.3, -0.25) is 9.59 Å². The van der Waals surface area contributed by atoms with Gasteiger partial charge in [-0.05, 0) is 18.8 Å². The van der Waals surface area contributed by atoms with E-state index in [0.717, 1.165) is 12.8 Å². The van der Waals surface area contributed by atoms with E-state index >= 15 is 0 Å². The van der Waals surface area contributed by atoms with Crippen LogP contribution in [-0.4, -0.2) is 53.6 Å². The van der Waals surface area contributed by atoms with Gasteiger partial charge in [0.1, 0.15) is 0 Å². The molecule has 0 aromatic carbocycles. The average molecular weight is 271 g/mol. The van der Waals surface area contributed by atoms with Crippen LogP contribution in [0.25, 0.3) is 0 Å². The quantitative estimate of drug-likeness (QED) is 0.542. The Morgan fingerprint density at radius 1 is 1.58 bits per heavy atom. The van der Waals surface area contributed by atoms with Crippen molar-refractivity contribution < 1.29 is 14.7 Å². The summed E-state index contributed by atoms with van der Waals surface area (Å²) >= 11 is 0.